The molecule has 1 N–H and O–H groups in total. The third-order valence-corrected chi connectivity index (χ3v) is 3.76. The van der Waals surface area contributed by atoms with E-state index in [0.717, 1.165) is 11.3 Å². The van der Waals surface area contributed by atoms with Gasteiger partial charge in [-0.2, -0.15) is 0 Å². The molecule has 5 heteroatoms. The second kappa shape index (κ2) is 8.14. The first-order chi connectivity index (χ1) is 10.7. The first-order valence-corrected chi connectivity index (χ1v) is 7.82. The maximum absolute atomic E-state index is 11.7. The fourth-order valence-corrected chi connectivity index (χ4v) is 2.36. The van der Waals surface area contributed by atoms with E-state index in [1.807, 2.05) is 41.8 Å². The van der Waals surface area contributed by atoms with Crippen molar-refractivity contribution in [3.63, 3.8) is 0 Å². The van der Waals surface area contributed by atoms with Gasteiger partial charge in [0.15, 0.2) is 6.61 Å². The summed E-state index contributed by atoms with van der Waals surface area (Å²) in [5.74, 6) is -0.896. The van der Waals surface area contributed by atoms with Crippen molar-refractivity contribution in [2.45, 2.75) is 13.3 Å². The molecule has 1 amide bonds. The van der Waals surface area contributed by atoms with Crippen molar-refractivity contribution in [2.75, 3.05) is 11.9 Å². The van der Waals surface area contributed by atoms with Crippen LogP contribution in [-0.4, -0.2) is 18.5 Å². The zero-order valence-electron chi connectivity index (χ0n) is 12.2. The number of amides is 1. The number of anilines is 1. The summed E-state index contributed by atoms with van der Waals surface area (Å²) in [5, 5.41) is 4.60. The summed E-state index contributed by atoms with van der Waals surface area (Å²) >= 11 is 1.52. The number of carbonyl (C=O) groups excluding carboxylic acids is 2. The molecular formula is C17H17NO3S. The Hall–Kier alpha value is -2.40. The Bertz CT molecular complexity index is 645. The maximum atomic E-state index is 11.7. The van der Waals surface area contributed by atoms with Gasteiger partial charge in [-0.05, 0) is 41.6 Å². The Morgan fingerprint density at radius 2 is 2.00 bits per heavy atom. The average Bonchev–Trinajstić information content (AvgIpc) is 3.05. The molecule has 0 radical (unpaired) electrons. The zero-order valence-corrected chi connectivity index (χ0v) is 13.1. The lowest BCUT2D eigenvalue weighted by Crippen LogP contribution is -2.20. The molecule has 4 nitrogen and oxygen atoms in total. The molecule has 2 rings (SSSR count). The van der Waals surface area contributed by atoms with Gasteiger partial charge in [0.25, 0.3) is 5.91 Å². The Balaban J connectivity index is 1.75. The first kappa shape index (κ1) is 16.0. The Morgan fingerprint density at radius 1 is 1.23 bits per heavy atom. The van der Waals surface area contributed by atoms with E-state index >= 15 is 0 Å². The Morgan fingerprint density at radius 3 is 2.64 bits per heavy atom. The molecule has 1 aromatic heterocycles. The van der Waals surface area contributed by atoms with Crippen molar-refractivity contribution >= 4 is 35.0 Å². The largest absolute Gasteiger partial charge is 0.452 e. The number of nitrogens with one attached hydrogen (secondary N) is 1. The monoisotopic (exact) mass is 315 g/mol. The van der Waals surface area contributed by atoms with Gasteiger partial charge in [-0.1, -0.05) is 25.1 Å². The topological polar surface area (TPSA) is 55.4 Å². The molecule has 22 heavy (non-hydrogen) atoms. The van der Waals surface area contributed by atoms with Gasteiger partial charge >= 0.3 is 5.97 Å². The van der Waals surface area contributed by atoms with E-state index in [-0.39, 0.29) is 12.5 Å². The van der Waals surface area contributed by atoms with Gasteiger partial charge in [0.1, 0.15) is 0 Å². The second-order valence-electron chi connectivity index (χ2n) is 4.56. The molecule has 0 saturated heterocycles. The van der Waals surface area contributed by atoms with Crippen molar-refractivity contribution in [1.29, 1.82) is 0 Å². The minimum absolute atomic E-state index is 0.302. The lowest BCUT2D eigenvalue weighted by atomic mass is 10.1. The van der Waals surface area contributed by atoms with E-state index in [1.165, 1.54) is 23.0 Å². The standard InChI is InChI=1S/C17H17NO3S/c1-2-13-5-7-14(8-6-13)18-16(19)12-21-17(20)10-9-15-4-3-11-22-15/h3-11H,2,12H2,1H3,(H,18,19)/b10-9+. The van der Waals surface area contributed by atoms with Crippen LogP contribution >= 0.6 is 11.3 Å². The molecule has 0 saturated carbocycles. The van der Waals surface area contributed by atoms with Crippen LogP contribution in [0.2, 0.25) is 0 Å². The Labute approximate surface area is 133 Å². The van der Waals surface area contributed by atoms with Crippen LogP contribution in [0.15, 0.2) is 47.9 Å². The molecule has 0 aliphatic heterocycles. The Kier molecular flexibility index (Phi) is 5.91. The zero-order chi connectivity index (χ0) is 15.8. The van der Waals surface area contributed by atoms with Crippen molar-refractivity contribution < 1.29 is 14.3 Å². The summed E-state index contributed by atoms with van der Waals surface area (Å²) in [7, 11) is 0. The summed E-state index contributed by atoms with van der Waals surface area (Å²) in [5.41, 5.74) is 1.88. The molecule has 0 aliphatic carbocycles. The highest BCUT2D eigenvalue weighted by Crippen LogP contribution is 2.11. The van der Waals surface area contributed by atoms with Crippen LogP contribution in [0, 0.1) is 0 Å². The normalized spacial score (nSPS) is 10.6. The maximum Gasteiger partial charge on any atom is 0.331 e. The third kappa shape index (κ3) is 5.18. The quantitative estimate of drug-likeness (QED) is 0.655. The van der Waals surface area contributed by atoms with Gasteiger partial charge in [0.2, 0.25) is 0 Å². The smallest absolute Gasteiger partial charge is 0.331 e. The molecule has 0 spiro atoms. The number of rotatable bonds is 6. The van der Waals surface area contributed by atoms with Gasteiger partial charge in [-0.3, -0.25) is 4.79 Å². The number of benzene rings is 1. The molecule has 0 atom stereocenters. The van der Waals surface area contributed by atoms with Crippen LogP contribution < -0.4 is 5.32 Å². The van der Waals surface area contributed by atoms with Gasteiger partial charge < -0.3 is 10.1 Å². The highest BCUT2D eigenvalue weighted by atomic mass is 32.1. The summed E-state index contributed by atoms with van der Waals surface area (Å²) in [6.07, 6.45) is 3.92. The predicted octanol–water partition coefficient (Wildman–Crippen LogP) is 3.51. The van der Waals surface area contributed by atoms with E-state index in [4.69, 9.17) is 4.74 Å². The lowest BCUT2D eigenvalue weighted by molar-refractivity contribution is -0.142. The number of esters is 1. The van der Waals surface area contributed by atoms with Crippen LogP contribution in [0.25, 0.3) is 6.08 Å². The third-order valence-electron chi connectivity index (χ3n) is 2.92. The minimum Gasteiger partial charge on any atom is -0.452 e. The van der Waals surface area contributed by atoms with Crippen LogP contribution in [0.3, 0.4) is 0 Å². The van der Waals surface area contributed by atoms with Crippen LogP contribution in [0.1, 0.15) is 17.4 Å². The second-order valence-corrected chi connectivity index (χ2v) is 5.53. The summed E-state index contributed by atoms with van der Waals surface area (Å²) < 4.78 is 4.89. The molecule has 0 aliphatic rings. The van der Waals surface area contributed by atoms with Crippen molar-refractivity contribution in [3.05, 3.63) is 58.3 Å². The SMILES string of the molecule is CCc1ccc(NC(=O)COC(=O)/C=C/c2cccs2)cc1. The predicted molar refractivity (Wildman–Crippen MR) is 88.8 cm³/mol. The molecule has 2 aromatic rings. The molecular weight excluding hydrogens is 298 g/mol. The highest BCUT2D eigenvalue weighted by molar-refractivity contribution is 7.10. The van der Waals surface area contributed by atoms with Gasteiger partial charge in [-0.25, -0.2) is 4.79 Å². The molecule has 1 aromatic carbocycles. The summed E-state index contributed by atoms with van der Waals surface area (Å²) in [6, 6.07) is 11.3. The highest BCUT2D eigenvalue weighted by Gasteiger charge is 2.05. The summed E-state index contributed by atoms with van der Waals surface area (Å²) in [4.78, 5) is 24.1. The fraction of sp³-hybridized carbons (Fsp3) is 0.176. The minimum atomic E-state index is -0.537. The molecule has 1 heterocycles. The fourth-order valence-electron chi connectivity index (χ4n) is 1.74. The molecule has 0 unspecified atom stereocenters. The van der Waals surface area contributed by atoms with Crippen molar-refractivity contribution in [2.24, 2.45) is 0 Å². The van der Waals surface area contributed by atoms with E-state index in [1.54, 1.807) is 6.08 Å². The number of ether oxygens (including phenoxy) is 1. The number of hydrogen-bond acceptors (Lipinski definition) is 4. The van der Waals surface area contributed by atoms with Crippen molar-refractivity contribution in [3.8, 4) is 0 Å². The lowest BCUT2D eigenvalue weighted by Gasteiger charge is -2.06. The number of aryl methyl sites for hydroxylation is 1. The molecule has 0 fully saturated rings. The van der Waals surface area contributed by atoms with E-state index in [2.05, 4.69) is 12.2 Å². The van der Waals surface area contributed by atoms with Crippen molar-refractivity contribution in [1.82, 2.24) is 0 Å². The molecule has 0 bridgehead atoms. The van der Waals surface area contributed by atoms with E-state index in [0.29, 0.717) is 5.69 Å². The van der Waals surface area contributed by atoms with Crippen LogP contribution in [-0.2, 0) is 20.7 Å². The average molecular weight is 315 g/mol. The number of hydrogen-bond donors (Lipinski definition) is 1. The first-order valence-electron chi connectivity index (χ1n) is 6.94. The number of thiophene rings is 1. The van der Waals surface area contributed by atoms with Gasteiger partial charge in [0, 0.05) is 16.6 Å². The van der Waals surface area contributed by atoms with Crippen LogP contribution in [0.4, 0.5) is 5.69 Å². The number of carbonyl (C=O) groups is 2. The van der Waals surface area contributed by atoms with E-state index in [9.17, 15) is 9.59 Å². The summed E-state index contributed by atoms with van der Waals surface area (Å²) in [6.45, 7) is 1.76. The molecule has 114 valence electrons. The van der Waals surface area contributed by atoms with Crippen LogP contribution in [0.5, 0.6) is 0 Å². The van der Waals surface area contributed by atoms with E-state index < -0.39 is 5.97 Å². The van der Waals surface area contributed by atoms with Gasteiger partial charge in [0.05, 0.1) is 0 Å². The van der Waals surface area contributed by atoms with Gasteiger partial charge in [-0.15, -0.1) is 11.3 Å².